The van der Waals surface area contributed by atoms with Crippen molar-refractivity contribution in [3.8, 4) is 0 Å². The Kier molecular flexibility index (Phi) is 6.35. The fraction of sp³-hybridized carbons (Fsp3) is 0.462. The molecule has 0 aliphatic rings. The van der Waals surface area contributed by atoms with Crippen LogP contribution in [-0.4, -0.2) is 36.9 Å². The van der Waals surface area contributed by atoms with Crippen molar-refractivity contribution in [2.75, 3.05) is 25.5 Å². The second-order valence-electron chi connectivity index (χ2n) is 4.04. The Balaban J connectivity index is 2.32. The molecule has 1 aromatic rings. The van der Waals surface area contributed by atoms with Gasteiger partial charge in [-0.1, -0.05) is 6.92 Å². The maximum Gasteiger partial charge on any atom is 0.269 e. The Morgan fingerprint density at radius 2 is 2.00 bits per heavy atom. The largest absolute Gasteiger partial charge is 0.387 e. The highest BCUT2D eigenvalue weighted by Gasteiger charge is 2.07. The number of aromatic nitrogens is 1. The third kappa shape index (κ3) is 5.37. The monoisotopic (exact) mass is 264 g/mol. The third-order valence-corrected chi connectivity index (χ3v) is 2.49. The van der Waals surface area contributed by atoms with Crippen LogP contribution in [-0.2, 0) is 4.79 Å². The lowest BCUT2D eigenvalue weighted by Crippen LogP contribution is -2.31. The number of nitrogens with zero attached hydrogens (tertiary/aromatic N) is 1. The van der Waals surface area contributed by atoms with Crippen LogP contribution in [0.25, 0.3) is 0 Å². The lowest BCUT2D eigenvalue weighted by molar-refractivity contribution is -0.120. The van der Waals surface area contributed by atoms with Gasteiger partial charge in [0.05, 0.1) is 11.9 Å². The van der Waals surface area contributed by atoms with Crippen LogP contribution in [0.3, 0.4) is 0 Å². The summed E-state index contributed by atoms with van der Waals surface area (Å²) in [7, 11) is 1.78. The molecule has 6 nitrogen and oxygen atoms in total. The summed E-state index contributed by atoms with van der Waals surface area (Å²) >= 11 is 0. The average Bonchev–Trinajstić information content (AvgIpc) is 2.45. The van der Waals surface area contributed by atoms with Crippen LogP contribution < -0.4 is 16.0 Å². The number of carbonyl (C=O) groups is 2. The lowest BCUT2D eigenvalue weighted by atomic mass is 10.3. The molecule has 19 heavy (non-hydrogen) atoms. The standard InChI is InChI=1S/C13H20N4O2/c1-3-7-15-12(18)6-8-16-13(19)11-5-4-10(14-2)9-17-11/h4-5,9,14H,3,6-8H2,1-2H3,(H,15,18)(H,16,19). The van der Waals surface area contributed by atoms with Gasteiger partial charge in [0, 0.05) is 26.6 Å². The van der Waals surface area contributed by atoms with Gasteiger partial charge < -0.3 is 16.0 Å². The normalized spacial score (nSPS) is 9.79. The molecule has 0 fully saturated rings. The molecule has 3 N–H and O–H groups in total. The summed E-state index contributed by atoms with van der Waals surface area (Å²) in [5, 5.41) is 8.33. The highest BCUT2D eigenvalue weighted by molar-refractivity contribution is 5.92. The molecule has 1 rings (SSSR count). The zero-order chi connectivity index (χ0) is 14.1. The predicted octanol–water partition coefficient (Wildman–Crippen LogP) is 0.769. The van der Waals surface area contributed by atoms with Crippen molar-refractivity contribution < 1.29 is 9.59 Å². The van der Waals surface area contributed by atoms with E-state index in [2.05, 4.69) is 20.9 Å². The highest BCUT2D eigenvalue weighted by atomic mass is 16.2. The summed E-state index contributed by atoms with van der Waals surface area (Å²) in [6.07, 6.45) is 2.77. The van der Waals surface area contributed by atoms with E-state index in [0.717, 1.165) is 12.1 Å². The first kappa shape index (κ1) is 14.9. The van der Waals surface area contributed by atoms with Crippen LogP contribution in [0.1, 0.15) is 30.3 Å². The van der Waals surface area contributed by atoms with Crippen molar-refractivity contribution in [2.45, 2.75) is 19.8 Å². The zero-order valence-corrected chi connectivity index (χ0v) is 11.3. The van der Waals surface area contributed by atoms with E-state index in [-0.39, 0.29) is 18.2 Å². The minimum atomic E-state index is -0.272. The number of anilines is 1. The number of hydrogen-bond donors (Lipinski definition) is 3. The van der Waals surface area contributed by atoms with Gasteiger partial charge in [-0.05, 0) is 18.6 Å². The molecule has 1 aromatic heterocycles. The number of carbonyl (C=O) groups excluding carboxylic acids is 2. The lowest BCUT2D eigenvalue weighted by Gasteiger charge is -2.06. The van der Waals surface area contributed by atoms with Gasteiger partial charge >= 0.3 is 0 Å². The fourth-order valence-corrected chi connectivity index (χ4v) is 1.41. The van der Waals surface area contributed by atoms with E-state index in [1.54, 1.807) is 25.4 Å². The second kappa shape index (κ2) is 8.07. The van der Waals surface area contributed by atoms with Gasteiger partial charge in [0.15, 0.2) is 0 Å². The minimum Gasteiger partial charge on any atom is -0.387 e. The van der Waals surface area contributed by atoms with Crippen molar-refractivity contribution in [3.63, 3.8) is 0 Å². The van der Waals surface area contributed by atoms with Crippen molar-refractivity contribution in [1.82, 2.24) is 15.6 Å². The van der Waals surface area contributed by atoms with Gasteiger partial charge in [0.1, 0.15) is 5.69 Å². The molecule has 0 atom stereocenters. The highest BCUT2D eigenvalue weighted by Crippen LogP contribution is 2.04. The van der Waals surface area contributed by atoms with Crippen LogP contribution in [0, 0.1) is 0 Å². The van der Waals surface area contributed by atoms with Gasteiger partial charge in [-0.2, -0.15) is 0 Å². The van der Waals surface area contributed by atoms with Crippen LogP contribution in [0.15, 0.2) is 18.3 Å². The fourth-order valence-electron chi connectivity index (χ4n) is 1.41. The van der Waals surface area contributed by atoms with E-state index in [0.29, 0.717) is 18.8 Å². The number of amides is 2. The minimum absolute atomic E-state index is 0.0550. The van der Waals surface area contributed by atoms with E-state index in [9.17, 15) is 9.59 Å². The second-order valence-corrected chi connectivity index (χ2v) is 4.04. The van der Waals surface area contributed by atoms with Gasteiger partial charge in [0.25, 0.3) is 5.91 Å². The molecule has 0 radical (unpaired) electrons. The Morgan fingerprint density at radius 1 is 1.21 bits per heavy atom. The topological polar surface area (TPSA) is 83.1 Å². The number of hydrogen-bond acceptors (Lipinski definition) is 4. The Labute approximate surface area is 113 Å². The summed E-state index contributed by atoms with van der Waals surface area (Å²) in [5.74, 6) is -0.327. The van der Waals surface area contributed by atoms with E-state index in [1.165, 1.54) is 0 Å². The molecule has 0 aromatic carbocycles. The summed E-state index contributed by atoms with van der Waals surface area (Å²) in [6, 6.07) is 3.41. The number of rotatable bonds is 7. The average molecular weight is 264 g/mol. The first-order valence-electron chi connectivity index (χ1n) is 6.36. The van der Waals surface area contributed by atoms with Gasteiger partial charge in [0.2, 0.25) is 5.91 Å². The number of nitrogens with one attached hydrogen (secondary N) is 3. The summed E-state index contributed by atoms with van der Waals surface area (Å²) in [5.41, 5.74) is 1.18. The molecular weight excluding hydrogens is 244 g/mol. The van der Waals surface area contributed by atoms with Crippen molar-refractivity contribution in [3.05, 3.63) is 24.0 Å². The van der Waals surface area contributed by atoms with E-state index >= 15 is 0 Å². The molecule has 2 amide bonds. The maximum absolute atomic E-state index is 11.7. The maximum atomic E-state index is 11.7. The molecule has 6 heteroatoms. The Hall–Kier alpha value is -2.11. The molecule has 0 saturated carbocycles. The predicted molar refractivity (Wildman–Crippen MR) is 74.0 cm³/mol. The number of pyridine rings is 1. The summed E-state index contributed by atoms with van der Waals surface area (Å²) < 4.78 is 0. The smallest absolute Gasteiger partial charge is 0.269 e. The first-order chi connectivity index (χ1) is 9.17. The van der Waals surface area contributed by atoms with Crippen LogP contribution in [0.2, 0.25) is 0 Å². The molecule has 0 spiro atoms. The first-order valence-corrected chi connectivity index (χ1v) is 6.36. The molecule has 0 unspecified atom stereocenters. The summed E-state index contributed by atoms with van der Waals surface area (Å²) in [6.45, 7) is 2.96. The Morgan fingerprint density at radius 3 is 2.58 bits per heavy atom. The quantitative estimate of drug-likeness (QED) is 0.679. The SMILES string of the molecule is CCCNC(=O)CCNC(=O)c1ccc(NC)cn1. The summed E-state index contributed by atoms with van der Waals surface area (Å²) in [4.78, 5) is 27.1. The molecule has 0 aliphatic carbocycles. The Bertz CT molecular complexity index is 417. The van der Waals surface area contributed by atoms with Crippen molar-refractivity contribution >= 4 is 17.5 Å². The van der Waals surface area contributed by atoms with Gasteiger partial charge in [-0.15, -0.1) is 0 Å². The van der Waals surface area contributed by atoms with Crippen LogP contribution in [0.5, 0.6) is 0 Å². The molecule has 0 saturated heterocycles. The van der Waals surface area contributed by atoms with Crippen LogP contribution >= 0.6 is 0 Å². The van der Waals surface area contributed by atoms with Crippen molar-refractivity contribution in [2.24, 2.45) is 0 Å². The van der Waals surface area contributed by atoms with E-state index < -0.39 is 0 Å². The van der Waals surface area contributed by atoms with Gasteiger partial charge in [-0.25, -0.2) is 4.98 Å². The molecule has 0 aliphatic heterocycles. The van der Waals surface area contributed by atoms with E-state index in [4.69, 9.17) is 0 Å². The zero-order valence-electron chi connectivity index (χ0n) is 11.3. The molecular formula is C13H20N4O2. The van der Waals surface area contributed by atoms with Gasteiger partial charge in [-0.3, -0.25) is 9.59 Å². The molecule has 1 heterocycles. The molecule has 104 valence electrons. The van der Waals surface area contributed by atoms with Crippen molar-refractivity contribution in [1.29, 1.82) is 0 Å². The molecule has 0 bridgehead atoms. The van der Waals surface area contributed by atoms with Crippen LogP contribution in [0.4, 0.5) is 5.69 Å². The van der Waals surface area contributed by atoms with E-state index in [1.807, 2.05) is 6.92 Å². The third-order valence-electron chi connectivity index (χ3n) is 2.49.